The predicted octanol–water partition coefficient (Wildman–Crippen LogP) is 3.00. The maximum Gasteiger partial charge on any atom is 0.240 e. The lowest BCUT2D eigenvalue weighted by atomic mass is 9.73. The average molecular weight is 438 g/mol. The number of carbonyl (C=O) groups is 1. The first-order chi connectivity index (χ1) is 14.8. The molecule has 6 rings (SSSR count). The van der Waals surface area contributed by atoms with Crippen molar-refractivity contribution in [2.24, 2.45) is 0 Å². The molecule has 1 spiro atoms. The van der Waals surface area contributed by atoms with Crippen molar-refractivity contribution in [1.82, 2.24) is 20.3 Å². The average Bonchev–Trinajstić information content (AvgIpc) is 3.47. The molecule has 1 aromatic heterocycles. The van der Waals surface area contributed by atoms with Gasteiger partial charge in [0.2, 0.25) is 5.91 Å². The van der Waals surface area contributed by atoms with Crippen LogP contribution < -0.4 is 15.0 Å². The molecule has 0 unspecified atom stereocenters. The van der Waals surface area contributed by atoms with E-state index < -0.39 is 5.41 Å². The van der Waals surface area contributed by atoms with E-state index in [1.165, 1.54) is 0 Å². The molecule has 3 aliphatic rings. The van der Waals surface area contributed by atoms with E-state index in [4.69, 9.17) is 4.74 Å². The van der Waals surface area contributed by atoms with Crippen LogP contribution in [0.1, 0.15) is 35.7 Å². The van der Waals surface area contributed by atoms with Gasteiger partial charge in [0.25, 0.3) is 0 Å². The molecule has 1 saturated heterocycles. The first-order valence-electron chi connectivity index (χ1n) is 10.5. The second-order valence-corrected chi connectivity index (χ2v) is 8.26. The Morgan fingerprint density at radius 1 is 1.16 bits per heavy atom. The van der Waals surface area contributed by atoms with Crippen molar-refractivity contribution < 1.29 is 9.53 Å². The molecule has 1 amide bonds. The highest BCUT2D eigenvalue weighted by molar-refractivity contribution is 6.09. The van der Waals surface area contributed by atoms with Crippen molar-refractivity contribution in [2.75, 3.05) is 18.1 Å². The van der Waals surface area contributed by atoms with Gasteiger partial charge in [0, 0.05) is 18.7 Å². The van der Waals surface area contributed by atoms with E-state index in [0.29, 0.717) is 13.2 Å². The number of fused-ring (bicyclic) bond motifs is 8. The number of anilines is 1. The van der Waals surface area contributed by atoms with E-state index in [-0.39, 0.29) is 24.4 Å². The number of halogens is 1. The fourth-order valence-electron chi connectivity index (χ4n) is 5.25. The van der Waals surface area contributed by atoms with E-state index in [1.807, 2.05) is 46.1 Å². The zero-order valence-corrected chi connectivity index (χ0v) is 17.8. The fraction of sp³-hybridized carbons (Fsp3) is 0.348. The second kappa shape index (κ2) is 7.66. The van der Waals surface area contributed by atoms with Gasteiger partial charge in [-0.15, -0.1) is 17.5 Å². The monoisotopic (exact) mass is 437 g/mol. The highest BCUT2D eigenvalue weighted by Crippen LogP contribution is 2.53. The standard InChI is InChI=1S/C23H23N5O2.ClH/c29-22-23-9-10-24-21(23)16-5-3-6-18(13-16)30-12-4-11-27-14-17(25-26-27)15-28(22)20-8-2-1-7-19(20)23;/h1-3,5-8,13-14,21,24H,4,9-12,15H2;1H/t21-,23+;/m0./s1. The molecule has 7 nitrogen and oxygen atoms in total. The smallest absolute Gasteiger partial charge is 0.240 e. The van der Waals surface area contributed by atoms with Gasteiger partial charge in [0.15, 0.2) is 0 Å². The van der Waals surface area contributed by atoms with Crippen LogP contribution in [0.25, 0.3) is 0 Å². The number of hydrogen-bond acceptors (Lipinski definition) is 5. The summed E-state index contributed by atoms with van der Waals surface area (Å²) in [6.07, 6.45) is 3.54. The zero-order valence-electron chi connectivity index (χ0n) is 17.0. The minimum absolute atomic E-state index is 0. The minimum Gasteiger partial charge on any atom is -0.494 e. The summed E-state index contributed by atoms with van der Waals surface area (Å²) in [5.74, 6) is 0.968. The Morgan fingerprint density at radius 2 is 2.06 bits per heavy atom. The molecule has 4 heterocycles. The summed E-state index contributed by atoms with van der Waals surface area (Å²) in [5, 5.41) is 12.2. The number of aromatic nitrogens is 3. The number of benzene rings is 2. The van der Waals surface area contributed by atoms with Crippen LogP contribution in [0.15, 0.2) is 54.7 Å². The summed E-state index contributed by atoms with van der Waals surface area (Å²) in [7, 11) is 0. The maximum absolute atomic E-state index is 14.0. The Balaban J connectivity index is 0.00000204. The van der Waals surface area contributed by atoms with Crippen LogP contribution in [0.2, 0.25) is 0 Å². The number of rotatable bonds is 0. The Kier molecular flexibility index (Phi) is 4.95. The molecule has 31 heavy (non-hydrogen) atoms. The quantitative estimate of drug-likeness (QED) is 0.585. The molecule has 1 N–H and O–H groups in total. The Bertz CT molecular complexity index is 1130. The fourth-order valence-corrected chi connectivity index (χ4v) is 5.25. The van der Waals surface area contributed by atoms with Crippen molar-refractivity contribution in [3.8, 4) is 5.75 Å². The summed E-state index contributed by atoms with van der Waals surface area (Å²) in [5.41, 5.74) is 3.34. The molecule has 2 aromatic carbocycles. The van der Waals surface area contributed by atoms with Crippen LogP contribution >= 0.6 is 12.4 Å². The summed E-state index contributed by atoms with van der Waals surface area (Å²) in [6.45, 7) is 2.56. The minimum atomic E-state index is -0.620. The van der Waals surface area contributed by atoms with Crippen LogP contribution in [0, 0.1) is 0 Å². The lowest BCUT2D eigenvalue weighted by Crippen LogP contribution is -2.43. The van der Waals surface area contributed by atoms with Crippen LogP contribution in [-0.2, 0) is 23.3 Å². The van der Waals surface area contributed by atoms with E-state index in [1.54, 1.807) is 0 Å². The van der Waals surface area contributed by atoms with Crippen molar-refractivity contribution in [3.63, 3.8) is 0 Å². The van der Waals surface area contributed by atoms with Gasteiger partial charge in [-0.3, -0.25) is 9.48 Å². The van der Waals surface area contributed by atoms with Crippen molar-refractivity contribution >= 4 is 24.0 Å². The van der Waals surface area contributed by atoms with Gasteiger partial charge in [-0.2, -0.15) is 0 Å². The molecule has 0 aliphatic carbocycles. The van der Waals surface area contributed by atoms with E-state index in [2.05, 4.69) is 33.8 Å². The first kappa shape index (κ1) is 20.0. The Morgan fingerprint density at radius 3 is 3.00 bits per heavy atom. The summed E-state index contributed by atoms with van der Waals surface area (Å²) < 4.78 is 7.84. The molecule has 0 saturated carbocycles. The summed E-state index contributed by atoms with van der Waals surface area (Å²) in [4.78, 5) is 15.9. The van der Waals surface area contributed by atoms with Gasteiger partial charge in [-0.05, 0) is 42.3 Å². The third-order valence-corrected chi connectivity index (χ3v) is 6.56. The third kappa shape index (κ3) is 3.03. The SMILES string of the molecule is Cl.O=C1N2Cc3cn(nn3)CCCOc3cccc(c3)[C@@H]3NCC[C@]13c1ccccc12. The molecular weight excluding hydrogens is 414 g/mol. The van der Waals surface area contributed by atoms with Gasteiger partial charge < -0.3 is 15.0 Å². The molecule has 0 radical (unpaired) electrons. The van der Waals surface area contributed by atoms with E-state index >= 15 is 0 Å². The third-order valence-electron chi connectivity index (χ3n) is 6.56. The number of ether oxygens (including phenoxy) is 1. The first-order valence-corrected chi connectivity index (χ1v) is 10.5. The highest BCUT2D eigenvalue weighted by Gasteiger charge is 2.58. The normalized spacial score (nSPS) is 24.3. The van der Waals surface area contributed by atoms with Gasteiger partial charge in [-0.25, -0.2) is 0 Å². The number of carbonyl (C=O) groups excluding carboxylic acids is 1. The predicted molar refractivity (Wildman–Crippen MR) is 118 cm³/mol. The molecule has 3 aliphatic heterocycles. The number of para-hydroxylation sites is 1. The molecule has 1 fully saturated rings. The number of nitrogens with zero attached hydrogens (tertiary/aromatic N) is 4. The maximum atomic E-state index is 14.0. The molecule has 160 valence electrons. The summed E-state index contributed by atoms with van der Waals surface area (Å²) >= 11 is 0. The number of hydrogen-bond donors (Lipinski definition) is 1. The second-order valence-electron chi connectivity index (χ2n) is 8.26. The van der Waals surface area contributed by atoms with Crippen LogP contribution in [0.3, 0.4) is 0 Å². The molecule has 6 bridgehead atoms. The van der Waals surface area contributed by atoms with Crippen LogP contribution in [0.5, 0.6) is 5.75 Å². The van der Waals surface area contributed by atoms with Gasteiger partial charge in [-0.1, -0.05) is 35.5 Å². The molecule has 8 heteroatoms. The molecule has 2 atom stereocenters. The number of amides is 1. The molecular formula is C23H24ClN5O2. The van der Waals surface area contributed by atoms with Gasteiger partial charge in [0.1, 0.15) is 11.4 Å². The number of aryl methyl sites for hydroxylation is 1. The van der Waals surface area contributed by atoms with Crippen LogP contribution in [-0.4, -0.2) is 34.1 Å². The topological polar surface area (TPSA) is 72.3 Å². The lowest BCUT2D eigenvalue weighted by molar-refractivity contribution is -0.123. The highest BCUT2D eigenvalue weighted by atomic mass is 35.5. The zero-order chi connectivity index (χ0) is 20.1. The number of nitrogens with one attached hydrogen (secondary N) is 1. The summed E-state index contributed by atoms with van der Waals surface area (Å²) in [6, 6.07) is 16.3. The van der Waals surface area contributed by atoms with Gasteiger partial charge >= 0.3 is 0 Å². The largest absolute Gasteiger partial charge is 0.494 e. The molecule has 3 aromatic rings. The van der Waals surface area contributed by atoms with E-state index in [9.17, 15) is 4.79 Å². The van der Waals surface area contributed by atoms with Gasteiger partial charge in [0.05, 0.1) is 30.8 Å². The van der Waals surface area contributed by atoms with Crippen molar-refractivity contribution in [1.29, 1.82) is 0 Å². The lowest BCUT2D eigenvalue weighted by Gasteiger charge is -2.31. The Hall–Kier alpha value is -2.90. The Labute approximate surface area is 186 Å². The van der Waals surface area contributed by atoms with E-state index in [0.717, 1.165) is 54.2 Å². The van der Waals surface area contributed by atoms with Crippen molar-refractivity contribution in [2.45, 2.75) is 37.4 Å². The van der Waals surface area contributed by atoms with Crippen LogP contribution in [0.4, 0.5) is 5.69 Å². The van der Waals surface area contributed by atoms with Crippen molar-refractivity contribution in [3.05, 3.63) is 71.5 Å².